The fourth-order valence-electron chi connectivity index (χ4n) is 2.17. The van der Waals surface area contributed by atoms with Crippen LogP contribution < -0.4 is 5.63 Å². The highest BCUT2D eigenvalue weighted by molar-refractivity contribution is 5.62. The Morgan fingerprint density at radius 3 is 2.25 bits per heavy atom. The molecule has 0 unspecified atom stereocenters. The smallest absolute Gasteiger partial charge is 0.313 e. The minimum Gasteiger partial charge on any atom is -0.313 e. The van der Waals surface area contributed by atoms with E-state index in [4.69, 9.17) is 4.52 Å². The van der Waals surface area contributed by atoms with Crippen LogP contribution in [0.15, 0.2) is 76.0 Å². The van der Waals surface area contributed by atoms with Gasteiger partial charge in [-0.25, -0.2) is 4.79 Å². The van der Waals surface area contributed by atoms with Gasteiger partial charge < -0.3 is 4.52 Å². The van der Waals surface area contributed by atoms with Crippen LogP contribution in [-0.4, -0.2) is 5.16 Å². The van der Waals surface area contributed by atoms with Crippen LogP contribution >= 0.6 is 0 Å². The number of hydrogen-bond acceptors (Lipinski definition) is 3. The first-order valence-electron chi connectivity index (χ1n) is 6.42. The first kappa shape index (κ1) is 12.4. The van der Waals surface area contributed by atoms with E-state index >= 15 is 0 Å². The van der Waals surface area contributed by atoms with Crippen LogP contribution in [0.1, 0.15) is 11.1 Å². The van der Waals surface area contributed by atoms with Crippen LogP contribution in [-0.2, 0) is 6.42 Å². The van der Waals surface area contributed by atoms with Crippen molar-refractivity contribution in [1.29, 1.82) is 0 Å². The first-order chi connectivity index (χ1) is 9.83. The third kappa shape index (κ3) is 2.67. The van der Waals surface area contributed by atoms with Crippen molar-refractivity contribution in [2.24, 2.45) is 0 Å². The van der Waals surface area contributed by atoms with Gasteiger partial charge >= 0.3 is 5.63 Å². The normalized spacial score (nSPS) is 10.4. The standard InChI is InChI=1S/C17H13NO2/c19-16-12-15(11-13-7-3-1-4-8-13)17(18-20-16)14-9-5-2-6-10-14/h1-10,12H,11H2. The van der Waals surface area contributed by atoms with Gasteiger partial charge in [-0.3, -0.25) is 0 Å². The molecule has 3 aromatic rings. The number of benzene rings is 2. The predicted octanol–water partition coefficient (Wildman–Crippen LogP) is 3.29. The fraction of sp³-hybridized carbons (Fsp3) is 0.0588. The maximum atomic E-state index is 11.4. The van der Waals surface area contributed by atoms with Gasteiger partial charge in [0, 0.05) is 11.6 Å². The zero-order valence-corrected chi connectivity index (χ0v) is 10.8. The van der Waals surface area contributed by atoms with Crippen LogP contribution in [0.25, 0.3) is 11.3 Å². The van der Waals surface area contributed by atoms with E-state index in [9.17, 15) is 4.79 Å². The highest BCUT2D eigenvalue weighted by Gasteiger charge is 2.09. The van der Waals surface area contributed by atoms with Crippen LogP contribution in [0.5, 0.6) is 0 Å². The van der Waals surface area contributed by atoms with Crippen LogP contribution in [0.3, 0.4) is 0 Å². The summed E-state index contributed by atoms with van der Waals surface area (Å²) in [5.41, 5.74) is 3.25. The van der Waals surface area contributed by atoms with Gasteiger partial charge in [-0.15, -0.1) is 0 Å². The summed E-state index contributed by atoms with van der Waals surface area (Å²) in [4.78, 5) is 11.4. The summed E-state index contributed by atoms with van der Waals surface area (Å²) < 4.78 is 4.79. The quantitative estimate of drug-likeness (QED) is 0.728. The van der Waals surface area contributed by atoms with E-state index in [1.54, 1.807) is 0 Å². The number of hydrogen-bond donors (Lipinski definition) is 0. The molecule has 98 valence electrons. The Morgan fingerprint density at radius 1 is 0.900 bits per heavy atom. The minimum absolute atomic E-state index is 0.421. The highest BCUT2D eigenvalue weighted by Crippen LogP contribution is 2.22. The molecule has 0 fully saturated rings. The second-order valence-electron chi connectivity index (χ2n) is 4.55. The second kappa shape index (κ2) is 5.53. The molecular formula is C17H13NO2. The lowest BCUT2D eigenvalue weighted by Crippen LogP contribution is -2.05. The third-order valence-electron chi connectivity index (χ3n) is 3.11. The number of nitrogens with zero attached hydrogens (tertiary/aromatic N) is 1. The Kier molecular flexibility index (Phi) is 3.42. The second-order valence-corrected chi connectivity index (χ2v) is 4.55. The molecule has 3 rings (SSSR count). The summed E-state index contributed by atoms with van der Waals surface area (Å²) in [6.07, 6.45) is 0.656. The lowest BCUT2D eigenvalue weighted by molar-refractivity contribution is 0.371. The van der Waals surface area contributed by atoms with Gasteiger partial charge in [-0.2, -0.15) is 0 Å². The van der Waals surface area contributed by atoms with Gasteiger partial charge in [0.25, 0.3) is 0 Å². The molecule has 0 N–H and O–H groups in total. The summed E-state index contributed by atoms with van der Waals surface area (Å²) in [6.45, 7) is 0. The maximum absolute atomic E-state index is 11.4. The van der Waals surface area contributed by atoms with E-state index in [1.807, 2.05) is 60.7 Å². The minimum atomic E-state index is -0.421. The largest absolute Gasteiger partial charge is 0.358 e. The monoisotopic (exact) mass is 263 g/mol. The Labute approximate surface area is 116 Å². The van der Waals surface area contributed by atoms with Crippen molar-refractivity contribution in [3.8, 4) is 11.3 Å². The van der Waals surface area contributed by atoms with Crippen LogP contribution in [0.2, 0.25) is 0 Å². The van der Waals surface area contributed by atoms with Crippen molar-refractivity contribution < 1.29 is 4.52 Å². The molecule has 0 aliphatic carbocycles. The summed E-state index contributed by atoms with van der Waals surface area (Å²) in [6, 6.07) is 21.2. The SMILES string of the molecule is O=c1cc(Cc2ccccc2)c(-c2ccccc2)no1. The predicted molar refractivity (Wildman–Crippen MR) is 77.5 cm³/mol. The number of aromatic nitrogens is 1. The summed E-state index contributed by atoms with van der Waals surface area (Å²) in [5.74, 6) is 0. The van der Waals surface area contributed by atoms with Crippen LogP contribution in [0.4, 0.5) is 0 Å². The molecular weight excluding hydrogens is 250 g/mol. The van der Waals surface area contributed by atoms with E-state index < -0.39 is 5.63 Å². The molecule has 0 radical (unpaired) electrons. The Bertz CT molecular complexity index is 749. The molecule has 0 bridgehead atoms. The van der Waals surface area contributed by atoms with Crippen molar-refractivity contribution in [1.82, 2.24) is 5.16 Å². The molecule has 1 heterocycles. The first-order valence-corrected chi connectivity index (χ1v) is 6.42. The summed E-state index contributed by atoms with van der Waals surface area (Å²) in [7, 11) is 0. The van der Waals surface area contributed by atoms with Crippen molar-refractivity contribution in [3.63, 3.8) is 0 Å². The maximum Gasteiger partial charge on any atom is 0.358 e. The third-order valence-corrected chi connectivity index (χ3v) is 3.11. The van der Waals surface area contributed by atoms with Crippen molar-refractivity contribution >= 4 is 0 Å². The molecule has 3 heteroatoms. The molecule has 0 spiro atoms. The van der Waals surface area contributed by atoms with Gasteiger partial charge in [0.2, 0.25) is 0 Å². The summed E-state index contributed by atoms with van der Waals surface area (Å²) in [5, 5.41) is 3.96. The summed E-state index contributed by atoms with van der Waals surface area (Å²) >= 11 is 0. The molecule has 0 aliphatic rings. The van der Waals surface area contributed by atoms with E-state index in [1.165, 1.54) is 6.07 Å². The van der Waals surface area contributed by atoms with Gasteiger partial charge in [0.15, 0.2) is 0 Å². The molecule has 2 aromatic carbocycles. The van der Waals surface area contributed by atoms with Gasteiger partial charge in [-0.05, 0) is 17.5 Å². The molecule has 0 saturated heterocycles. The highest BCUT2D eigenvalue weighted by atomic mass is 16.5. The molecule has 3 nitrogen and oxygen atoms in total. The average Bonchev–Trinajstić information content (AvgIpc) is 2.49. The lowest BCUT2D eigenvalue weighted by Gasteiger charge is -2.06. The molecule has 1 aromatic heterocycles. The van der Waals surface area contributed by atoms with E-state index in [2.05, 4.69) is 5.16 Å². The molecule has 0 aliphatic heterocycles. The molecule has 20 heavy (non-hydrogen) atoms. The zero-order chi connectivity index (χ0) is 13.8. The Balaban J connectivity index is 2.06. The zero-order valence-electron chi connectivity index (χ0n) is 10.8. The van der Waals surface area contributed by atoms with E-state index in [0.717, 1.165) is 16.7 Å². The van der Waals surface area contributed by atoms with Gasteiger partial charge in [0.05, 0.1) is 0 Å². The lowest BCUT2D eigenvalue weighted by atomic mass is 10.0. The van der Waals surface area contributed by atoms with Crippen molar-refractivity contribution in [2.75, 3.05) is 0 Å². The van der Waals surface area contributed by atoms with E-state index in [-0.39, 0.29) is 0 Å². The average molecular weight is 263 g/mol. The topological polar surface area (TPSA) is 43.1 Å². The number of rotatable bonds is 3. The Morgan fingerprint density at radius 2 is 1.55 bits per heavy atom. The van der Waals surface area contributed by atoms with E-state index in [0.29, 0.717) is 12.1 Å². The molecule has 0 saturated carbocycles. The van der Waals surface area contributed by atoms with Gasteiger partial charge in [0.1, 0.15) is 5.69 Å². The van der Waals surface area contributed by atoms with Crippen LogP contribution in [0, 0.1) is 0 Å². The Hall–Kier alpha value is -2.68. The molecule has 0 amide bonds. The molecule has 0 atom stereocenters. The fourth-order valence-corrected chi connectivity index (χ4v) is 2.17. The van der Waals surface area contributed by atoms with Crippen molar-refractivity contribution in [3.05, 3.63) is 88.3 Å². The van der Waals surface area contributed by atoms with Crippen molar-refractivity contribution in [2.45, 2.75) is 6.42 Å². The van der Waals surface area contributed by atoms with Gasteiger partial charge in [-0.1, -0.05) is 65.8 Å².